The molecular weight excluding hydrogens is 171 g/mol. The standard InChI is InChI=1S/C11H12BN2/c1-12-8-3-4-9-7(6-8)2-5-10(13)11(9)14/h2-6H,13-14H2,1H3. The minimum Gasteiger partial charge on any atom is -0.397 e. The molecule has 0 aromatic heterocycles. The Labute approximate surface area is 84.1 Å². The lowest BCUT2D eigenvalue weighted by Crippen LogP contribution is -2.09. The van der Waals surface area contributed by atoms with Crippen molar-refractivity contribution in [1.82, 2.24) is 0 Å². The van der Waals surface area contributed by atoms with E-state index >= 15 is 0 Å². The Morgan fingerprint density at radius 3 is 2.57 bits per heavy atom. The van der Waals surface area contributed by atoms with Crippen molar-refractivity contribution in [1.29, 1.82) is 0 Å². The van der Waals surface area contributed by atoms with E-state index in [4.69, 9.17) is 11.5 Å². The topological polar surface area (TPSA) is 52.0 Å². The molecule has 0 spiro atoms. The summed E-state index contributed by atoms with van der Waals surface area (Å²) in [6.45, 7) is 2.02. The Morgan fingerprint density at radius 2 is 1.86 bits per heavy atom. The minimum atomic E-state index is 0.644. The second-order valence-electron chi connectivity index (χ2n) is 3.34. The second kappa shape index (κ2) is 3.26. The fourth-order valence-corrected chi connectivity index (χ4v) is 1.57. The summed E-state index contributed by atoms with van der Waals surface area (Å²) >= 11 is 0. The molecule has 0 bridgehead atoms. The van der Waals surface area contributed by atoms with Crippen molar-refractivity contribution in [3.63, 3.8) is 0 Å². The van der Waals surface area contributed by atoms with Crippen molar-refractivity contribution >= 4 is 34.9 Å². The number of hydrogen-bond donors (Lipinski definition) is 2. The first-order valence-corrected chi connectivity index (χ1v) is 4.59. The molecular formula is C11H12BN2. The first kappa shape index (κ1) is 8.94. The Balaban J connectivity index is 2.74. The van der Waals surface area contributed by atoms with Crippen LogP contribution < -0.4 is 16.9 Å². The van der Waals surface area contributed by atoms with Crippen molar-refractivity contribution in [3.05, 3.63) is 30.3 Å². The molecule has 0 aliphatic heterocycles. The zero-order valence-corrected chi connectivity index (χ0v) is 8.12. The van der Waals surface area contributed by atoms with Gasteiger partial charge in [0.2, 0.25) is 0 Å². The molecule has 3 heteroatoms. The number of fused-ring (bicyclic) bond motifs is 1. The summed E-state index contributed by atoms with van der Waals surface area (Å²) in [5.41, 5.74) is 14.1. The molecule has 0 aliphatic carbocycles. The van der Waals surface area contributed by atoms with Gasteiger partial charge in [0.1, 0.15) is 7.28 Å². The first-order chi connectivity index (χ1) is 6.72. The van der Waals surface area contributed by atoms with Crippen LogP contribution in [0.4, 0.5) is 11.4 Å². The molecule has 2 nitrogen and oxygen atoms in total. The summed E-state index contributed by atoms with van der Waals surface area (Å²) in [4.78, 5) is 0. The van der Waals surface area contributed by atoms with E-state index in [9.17, 15) is 0 Å². The highest BCUT2D eigenvalue weighted by Gasteiger charge is 2.01. The summed E-state index contributed by atoms with van der Waals surface area (Å²) in [6.07, 6.45) is 0. The van der Waals surface area contributed by atoms with Crippen LogP contribution >= 0.6 is 0 Å². The number of anilines is 2. The normalized spacial score (nSPS) is 10.4. The molecule has 0 heterocycles. The van der Waals surface area contributed by atoms with Gasteiger partial charge in [0.05, 0.1) is 11.4 Å². The van der Waals surface area contributed by atoms with Crippen molar-refractivity contribution in [2.24, 2.45) is 0 Å². The Bertz CT molecular complexity index is 480. The SMILES string of the molecule is C[B]c1ccc2c(N)c(N)ccc2c1. The maximum Gasteiger partial charge on any atom is 0.148 e. The van der Waals surface area contributed by atoms with E-state index in [0.29, 0.717) is 11.4 Å². The smallest absolute Gasteiger partial charge is 0.148 e. The second-order valence-corrected chi connectivity index (χ2v) is 3.34. The van der Waals surface area contributed by atoms with Gasteiger partial charge in [-0.05, 0) is 11.5 Å². The van der Waals surface area contributed by atoms with Gasteiger partial charge in [0, 0.05) is 5.39 Å². The largest absolute Gasteiger partial charge is 0.397 e. The zero-order valence-electron chi connectivity index (χ0n) is 8.12. The number of benzene rings is 2. The quantitative estimate of drug-likeness (QED) is 0.518. The van der Waals surface area contributed by atoms with E-state index in [-0.39, 0.29) is 0 Å². The monoisotopic (exact) mass is 183 g/mol. The third-order valence-electron chi connectivity index (χ3n) is 2.45. The van der Waals surface area contributed by atoms with E-state index in [1.807, 2.05) is 31.1 Å². The highest BCUT2D eigenvalue weighted by Crippen LogP contribution is 2.25. The van der Waals surface area contributed by atoms with Gasteiger partial charge in [-0.25, -0.2) is 0 Å². The lowest BCUT2D eigenvalue weighted by Gasteiger charge is -2.06. The molecule has 0 saturated heterocycles. The summed E-state index contributed by atoms with van der Waals surface area (Å²) in [5.74, 6) is 0. The first-order valence-electron chi connectivity index (χ1n) is 4.59. The van der Waals surface area contributed by atoms with Gasteiger partial charge in [-0.3, -0.25) is 0 Å². The molecule has 2 aromatic carbocycles. The molecule has 2 aromatic rings. The van der Waals surface area contributed by atoms with Crippen LogP contribution in [0.3, 0.4) is 0 Å². The van der Waals surface area contributed by atoms with Crippen LogP contribution in [0.5, 0.6) is 0 Å². The lowest BCUT2D eigenvalue weighted by atomic mass is 9.73. The van der Waals surface area contributed by atoms with Crippen LogP contribution in [0.1, 0.15) is 0 Å². The summed E-state index contributed by atoms with van der Waals surface area (Å²) in [5, 5.41) is 2.16. The van der Waals surface area contributed by atoms with E-state index in [1.54, 1.807) is 0 Å². The van der Waals surface area contributed by atoms with E-state index < -0.39 is 0 Å². The van der Waals surface area contributed by atoms with Crippen molar-refractivity contribution in [2.75, 3.05) is 11.5 Å². The van der Waals surface area contributed by atoms with Crippen molar-refractivity contribution in [3.8, 4) is 0 Å². The number of hydrogen-bond acceptors (Lipinski definition) is 2. The molecule has 69 valence electrons. The molecule has 0 fully saturated rings. The molecule has 0 atom stereocenters. The molecule has 4 N–H and O–H groups in total. The third kappa shape index (κ3) is 1.31. The molecule has 1 radical (unpaired) electrons. The molecule has 14 heavy (non-hydrogen) atoms. The van der Waals surface area contributed by atoms with E-state index in [2.05, 4.69) is 13.3 Å². The molecule has 0 aliphatic rings. The fraction of sp³-hybridized carbons (Fsp3) is 0.0909. The van der Waals surface area contributed by atoms with Crippen LogP contribution in [0.25, 0.3) is 10.8 Å². The highest BCUT2D eigenvalue weighted by atomic mass is 14.7. The van der Waals surface area contributed by atoms with Gasteiger partial charge in [-0.2, -0.15) is 0 Å². The van der Waals surface area contributed by atoms with Crippen LogP contribution in [-0.2, 0) is 0 Å². The van der Waals surface area contributed by atoms with Crippen LogP contribution in [-0.4, -0.2) is 7.28 Å². The Kier molecular flexibility index (Phi) is 2.08. The van der Waals surface area contributed by atoms with Gasteiger partial charge in [0.15, 0.2) is 0 Å². The van der Waals surface area contributed by atoms with E-state index in [1.165, 1.54) is 5.46 Å². The summed E-state index contributed by atoms with van der Waals surface area (Å²) in [6, 6.07) is 9.99. The number of nitrogens with two attached hydrogens (primary N) is 2. The Hall–Kier alpha value is -1.64. The molecule has 0 amide bonds. The van der Waals surface area contributed by atoms with Crippen LogP contribution in [0.2, 0.25) is 6.82 Å². The molecule has 2 rings (SSSR count). The highest BCUT2D eigenvalue weighted by molar-refractivity contribution is 6.52. The summed E-state index contributed by atoms with van der Waals surface area (Å²) in [7, 11) is 2.06. The van der Waals surface area contributed by atoms with Crippen LogP contribution in [0, 0.1) is 0 Å². The van der Waals surface area contributed by atoms with Crippen LogP contribution in [0.15, 0.2) is 30.3 Å². The average molecular weight is 183 g/mol. The maximum atomic E-state index is 5.87. The van der Waals surface area contributed by atoms with Gasteiger partial charge in [-0.15, -0.1) is 0 Å². The van der Waals surface area contributed by atoms with Crippen molar-refractivity contribution in [2.45, 2.75) is 6.82 Å². The van der Waals surface area contributed by atoms with Gasteiger partial charge < -0.3 is 11.5 Å². The third-order valence-corrected chi connectivity index (χ3v) is 2.45. The van der Waals surface area contributed by atoms with Crippen molar-refractivity contribution < 1.29 is 0 Å². The molecule has 0 saturated carbocycles. The lowest BCUT2D eigenvalue weighted by molar-refractivity contribution is 1.72. The van der Waals surface area contributed by atoms with E-state index in [0.717, 1.165) is 10.8 Å². The maximum absolute atomic E-state index is 5.87. The number of nitrogen functional groups attached to an aromatic ring is 2. The van der Waals surface area contributed by atoms with Gasteiger partial charge in [-0.1, -0.05) is 36.6 Å². The predicted molar refractivity (Wildman–Crippen MR) is 64.0 cm³/mol. The van der Waals surface area contributed by atoms with Gasteiger partial charge in [0.25, 0.3) is 0 Å². The zero-order chi connectivity index (χ0) is 10.1. The fourth-order valence-electron chi connectivity index (χ4n) is 1.57. The predicted octanol–water partition coefficient (Wildman–Crippen LogP) is 1.38. The molecule has 0 unspecified atom stereocenters. The average Bonchev–Trinajstić information content (AvgIpc) is 2.23. The van der Waals surface area contributed by atoms with Gasteiger partial charge >= 0.3 is 0 Å². The Morgan fingerprint density at radius 1 is 1.07 bits per heavy atom. The minimum absolute atomic E-state index is 0.644. The number of rotatable bonds is 1. The summed E-state index contributed by atoms with van der Waals surface area (Å²) < 4.78 is 0.